The van der Waals surface area contributed by atoms with Crippen molar-refractivity contribution in [2.24, 2.45) is 5.73 Å². The second kappa shape index (κ2) is 10.4. The van der Waals surface area contributed by atoms with Crippen LogP contribution >= 0.6 is 0 Å². The number of carbonyl (C=O) groups excluding carboxylic acids is 4. The summed E-state index contributed by atoms with van der Waals surface area (Å²) in [5.41, 5.74) is 5.98. The third kappa shape index (κ3) is 6.92. The number of benzene rings is 2. The van der Waals surface area contributed by atoms with E-state index in [1.54, 1.807) is 39.0 Å². The third-order valence-electron chi connectivity index (χ3n) is 4.94. The van der Waals surface area contributed by atoms with Crippen LogP contribution < -0.4 is 21.3 Å². The highest BCUT2D eigenvalue weighted by Gasteiger charge is 2.33. The van der Waals surface area contributed by atoms with E-state index in [-0.39, 0.29) is 19.6 Å². The predicted molar refractivity (Wildman–Crippen MR) is 125 cm³/mol. The fourth-order valence-electron chi connectivity index (χ4n) is 3.32. The topological polar surface area (TPSA) is 140 Å². The number of cyclic esters (lactones) is 1. The van der Waals surface area contributed by atoms with Crippen LogP contribution in [0.1, 0.15) is 31.1 Å². The average molecular weight is 487 g/mol. The van der Waals surface area contributed by atoms with Crippen molar-refractivity contribution in [2.45, 2.75) is 32.5 Å². The molecule has 1 saturated heterocycles. The Morgan fingerprint density at radius 2 is 1.83 bits per heavy atom. The lowest BCUT2D eigenvalue weighted by Crippen LogP contribution is -2.42. The van der Waals surface area contributed by atoms with Crippen LogP contribution in [0.3, 0.4) is 0 Å². The smallest absolute Gasteiger partial charge is 0.414 e. The Morgan fingerprint density at radius 3 is 2.43 bits per heavy atom. The molecule has 0 aromatic heterocycles. The SMILES string of the molecule is CC(C)(C)OC(=O)NCC(=O)NC[C@H]1CN(c2ccc(-c3ccc(C(N)=O)cc3)c(F)c2)C(=O)O1. The maximum Gasteiger partial charge on any atom is 0.414 e. The largest absolute Gasteiger partial charge is 0.444 e. The summed E-state index contributed by atoms with van der Waals surface area (Å²) in [6, 6.07) is 10.5. The average Bonchev–Trinajstić information content (AvgIpc) is 3.15. The number of nitrogens with one attached hydrogen (secondary N) is 2. The number of alkyl carbamates (subject to hydrolysis) is 1. The molecule has 1 aliphatic rings. The molecule has 0 spiro atoms. The molecule has 186 valence electrons. The van der Waals surface area contributed by atoms with Crippen molar-refractivity contribution in [3.05, 3.63) is 53.8 Å². The van der Waals surface area contributed by atoms with Crippen LogP contribution in [0, 0.1) is 5.82 Å². The second-order valence-corrected chi connectivity index (χ2v) is 8.88. The first-order chi connectivity index (χ1) is 16.4. The first-order valence-electron chi connectivity index (χ1n) is 10.8. The number of hydrogen-bond donors (Lipinski definition) is 3. The summed E-state index contributed by atoms with van der Waals surface area (Å²) in [5, 5.41) is 4.91. The lowest BCUT2D eigenvalue weighted by atomic mass is 10.0. The van der Waals surface area contributed by atoms with E-state index >= 15 is 0 Å². The normalized spacial score (nSPS) is 15.4. The number of rotatable bonds is 7. The number of amides is 4. The van der Waals surface area contributed by atoms with Gasteiger partial charge in [0.25, 0.3) is 0 Å². The highest BCUT2D eigenvalue weighted by molar-refractivity contribution is 5.93. The molecule has 35 heavy (non-hydrogen) atoms. The lowest BCUT2D eigenvalue weighted by Gasteiger charge is -2.19. The zero-order chi connectivity index (χ0) is 25.8. The van der Waals surface area contributed by atoms with Crippen molar-refractivity contribution < 1.29 is 33.0 Å². The van der Waals surface area contributed by atoms with Crippen LogP contribution in [0.15, 0.2) is 42.5 Å². The molecule has 11 heteroatoms. The van der Waals surface area contributed by atoms with Gasteiger partial charge in [0.15, 0.2) is 0 Å². The summed E-state index contributed by atoms with van der Waals surface area (Å²) in [5.74, 6) is -1.62. The Labute approximate surface area is 201 Å². The Kier molecular flexibility index (Phi) is 7.58. The van der Waals surface area contributed by atoms with Gasteiger partial charge in [-0.3, -0.25) is 14.5 Å². The molecule has 4 N–H and O–H groups in total. The molecule has 3 rings (SSSR count). The minimum atomic E-state index is -0.722. The predicted octanol–water partition coefficient (Wildman–Crippen LogP) is 2.56. The molecule has 1 fully saturated rings. The molecule has 2 aromatic rings. The summed E-state index contributed by atoms with van der Waals surface area (Å²) in [6.45, 7) is 4.93. The molecule has 2 aromatic carbocycles. The number of primary amides is 1. The number of ether oxygens (including phenoxy) is 2. The summed E-state index contributed by atoms with van der Waals surface area (Å²) in [6.07, 6.45) is -2.05. The van der Waals surface area contributed by atoms with E-state index in [9.17, 15) is 23.6 Å². The monoisotopic (exact) mass is 486 g/mol. The quantitative estimate of drug-likeness (QED) is 0.550. The number of nitrogens with two attached hydrogens (primary N) is 1. The van der Waals surface area contributed by atoms with Gasteiger partial charge in [-0.25, -0.2) is 14.0 Å². The molecule has 0 bridgehead atoms. The van der Waals surface area contributed by atoms with E-state index in [0.717, 1.165) is 0 Å². The van der Waals surface area contributed by atoms with Crippen LogP contribution in [-0.4, -0.2) is 55.3 Å². The Morgan fingerprint density at radius 1 is 1.14 bits per heavy atom. The van der Waals surface area contributed by atoms with Gasteiger partial charge in [0.05, 0.1) is 25.3 Å². The maximum atomic E-state index is 14.8. The van der Waals surface area contributed by atoms with E-state index in [1.165, 1.54) is 29.2 Å². The molecular weight excluding hydrogens is 459 g/mol. The summed E-state index contributed by atoms with van der Waals surface area (Å²) in [7, 11) is 0. The molecule has 10 nitrogen and oxygen atoms in total. The molecule has 0 saturated carbocycles. The van der Waals surface area contributed by atoms with E-state index in [2.05, 4.69) is 10.6 Å². The van der Waals surface area contributed by atoms with E-state index in [1.807, 2.05) is 0 Å². The molecule has 4 amide bonds. The van der Waals surface area contributed by atoms with Gasteiger partial charge < -0.3 is 25.8 Å². The number of carbonyl (C=O) groups is 4. The van der Waals surface area contributed by atoms with Crippen LogP contribution in [0.25, 0.3) is 11.1 Å². The van der Waals surface area contributed by atoms with Crippen LogP contribution in [-0.2, 0) is 14.3 Å². The Balaban J connectivity index is 1.55. The summed E-state index contributed by atoms with van der Waals surface area (Å²) >= 11 is 0. The Bertz CT molecular complexity index is 1130. The van der Waals surface area contributed by atoms with Gasteiger partial charge in [0.1, 0.15) is 17.5 Å². The van der Waals surface area contributed by atoms with Crippen LogP contribution in [0.5, 0.6) is 0 Å². The van der Waals surface area contributed by atoms with Gasteiger partial charge in [-0.15, -0.1) is 0 Å². The minimum absolute atomic E-state index is 0.0177. The Hall–Kier alpha value is -4.15. The van der Waals surface area contributed by atoms with Gasteiger partial charge in [-0.1, -0.05) is 12.1 Å². The molecule has 0 radical (unpaired) electrons. The van der Waals surface area contributed by atoms with E-state index < -0.39 is 41.5 Å². The molecule has 1 heterocycles. The first-order valence-corrected chi connectivity index (χ1v) is 10.8. The van der Waals surface area contributed by atoms with Gasteiger partial charge in [-0.2, -0.15) is 0 Å². The van der Waals surface area contributed by atoms with Gasteiger partial charge in [0, 0.05) is 11.1 Å². The number of nitrogens with zero attached hydrogens (tertiary/aromatic N) is 1. The van der Waals surface area contributed by atoms with Gasteiger partial charge in [-0.05, 0) is 56.7 Å². The minimum Gasteiger partial charge on any atom is -0.444 e. The number of anilines is 1. The molecule has 0 aliphatic carbocycles. The van der Waals surface area contributed by atoms with Crippen molar-refractivity contribution in [3.63, 3.8) is 0 Å². The van der Waals surface area contributed by atoms with E-state index in [0.29, 0.717) is 22.4 Å². The van der Waals surface area contributed by atoms with Crippen molar-refractivity contribution in [1.82, 2.24) is 10.6 Å². The van der Waals surface area contributed by atoms with Crippen molar-refractivity contribution in [2.75, 3.05) is 24.5 Å². The number of hydrogen-bond acceptors (Lipinski definition) is 6. The van der Waals surface area contributed by atoms with Crippen molar-refractivity contribution in [3.8, 4) is 11.1 Å². The maximum absolute atomic E-state index is 14.8. The van der Waals surface area contributed by atoms with Gasteiger partial charge in [0.2, 0.25) is 11.8 Å². The van der Waals surface area contributed by atoms with Gasteiger partial charge >= 0.3 is 12.2 Å². The highest BCUT2D eigenvalue weighted by atomic mass is 19.1. The summed E-state index contributed by atoms with van der Waals surface area (Å²) < 4.78 is 25.1. The first kappa shape index (κ1) is 25.5. The van der Waals surface area contributed by atoms with Crippen molar-refractivity contribution in [1.29, 1.82) is 0 Å². The molecule has 1 atom stereocenters. The molecule has 0 unspecified atom stereocenters. The zero-order valence-electron chi connectivity index (χ0n) is 19.6. The third-order valence-corrected chi connectivity index (χ3v) is 4.94. The van der Waals surface area contributed by atoms with Crippen LogP contribution in [0.2, 0.25) is 0 Å². The number of halogens is 1. The second-order valence-electron chi connectivity index (χ2n) is 8.88. The van der Waals surface area contributed by atoms with Crippen LogP contribution in [0.4, 0.5) is 19.7 Å². The molecular formula is C24H27FN4O6. The van der Waals surface area contributed by atoms with Crippen molar-refractivity contribution >= 4 is 29.7 Å². The summed E-state index contributed by atoms with van der Waals surface area (Å²) in [4.78, 5) is 48.3. The standard InChI is InChI=1S/C24H27FN4O6/c1-24(2,3)35-22(32)28-12-20(30)27-11-17-13-29(23(33)34-17)16-8-9-18(19(25)10-16)14-4-6-15(7-5-14)21(26)31/h4-10,17H,11-13H2,1-3H3,(H2,26,31)(H,27,30)(H,28,32)/t17-/m0/s1. The van der Waals surface area contributed by atoms with E-state index in [4.69, 9.17) is 15.2 Å². The highest BCUT2D eigenvalue weighted by Crippen LogP contribution is 2.29. The zero-order valence-corrected chi connectivity index (χ0v) is 19.6. The fourth-order valence-corrected chi connectivity index (χ4v) is 3.32. The lowest BCUT2D eigenvalue weighted by molar-refractivity contribution is -0.120. The fraction of sp³-hybridized carbons (Fsp3) is 0.333. The molecule has 1 aliphatic heterocycles.